The van der Waals surface area contributed by atoms with Crippen LogP contribution in [0.15, 0.2) is 0 Å². The fourth-order valence-corrected chi connectivity index (χ4v) is 1.65. The van der Waals surface area contributed by atoms with Gasteiger partial charge in [-0.25, -0.2) is 8.42 Å². The van der Waals surface area contributed by atoms with Crippen LogP contribution < -0.4 is 0 Å². The van der Waals surface area contributed by atoms with Gasteiger partial charge >= 0.3 is 0 Å². The van der Waals surface area contributed by atoms with Crippen molar-refractivity contribution in [3.05, 3.63) is 0 Å². The van der Waals surface area contributed by atoms with E-state index < -0.39 is 9.84 Å². The second-order valence-electron chi connectivity index (χ2n) is 3.13. The van der Waals surface area contributed by atoms with Crippen LogP contribution in [0.3, 0.4) is 0 Å². The van der Waals surface area contributed by atoms with Crippen molar-refractivity contribution < 1.29 is 8.42 Å². The predicted molar refractivity (Wildman–Crippen MR) is 64.4 cm³/mol. The summed E-state index contributed by atoms with van der Waals surface area (Å²) in [6, 6.07) is 0. The third-order valence-electron chi connectivity index (χ3n) is 1.55. The second kappa shape index (κ2) is 7.63. The van der Waals surface area contributed by atoms with Crippen LogP contribution in [0.2, 0.25) is 0 Å². The summed E-state index contributed by atoms with van der Waals surface area (Å²) in [5.74, 6) is 10.3. The molecule has 0 aliphatic rings. The minimum Gasteiger partial charge on any atom is -0.227 e. The average Bonchev–Trinajstić information content (AvgIpc) is 2.14. The van der Waals surface area contributed by atoms with E-state index in [2.05, 4.69) is 23.7 Å². The van der Waals surface area contributed by atoms with Gasteiger partial charge in [0.25, 0.3) is 0 Å². The minimum absolute atomic E-state index is 0.0851. The Labute approximate surface area is 97.3 Å². The number of rotatable bonds is 4. The molecule has 0 N–H and O–H groups in total. The van der Waals surface area contributed by atoms with Crippen molar-refractivity contribution in [2.45, 2.75) is 32.1 Å². The van der Waals surface area contributed by atoms with Crippen LogP contribution in [-0.4, -0.2) is 25.3 Å². The van der Waals surface area contributed by atoms with Gasteiger partial charge in [0.15, 0.2) is 9.84 Å². The summed E-state index contributed by atoms with van der Waals surface area (Å²) in [5, 5.41) is 0.0851. The predicted octanol–water partition coefficient (Wildman–Crippen LogP) is 1.84. The van der Waals surface area contributed by atoms with Crippen LogP contribution in [0.5, 0.6) is 0 Å². The quantitative estimate of drug-likeness (QED) is 0.560. The number of sulfone groups is 1. The third kappa shape index (κ3) is 9.66. The smallest absolute Gasteiger partial charge is 0.172 e. The van der Waals surface area contributed by atoms with Crippen molar-refractivity contribution in [3.63, 3.8) is 0 Å². The standard InChI is InChI=1S/C11H15ClO2S/c1-3-4-9-15(13,14)10-7-5-6-8-11(2)12/h11H,6,8-10H2,1-2H3. The van der Waals surface area contributed by atoms with E-state index in [0.717, 1.165) is 6.42 Å². The highest BCUT2D eigenvalue weighted by atomic mass is 35.5. The van der Waals surface area contributed by atoms with Gasteiger partial charge in [0.2, 0.25) is 0 Å². The molecule has 0 spiro atoms. The SMILES string of the molecule is CC#CCS(=O)(=O)CC#CCCC(C)Cl. The highest BCUT2D eigenvalue weighted by Gasteiger charge is 2.05. The molecule has 0 saturated heterocycles. The van der Waals surface area contributed by atoms with Gasteiger partial charge in [-0.05, 0) is 20.3 Å². The molecule has 0 aromatic carbocycles. The Balaban J connectivity index is 3.96. The molecule has 2 nitrogen and oxygen atoms in total. The molecular formula is C11H15ClO2S. The Kier molecular flexibility index (Phi) is 7.30. The zero-order chi connectivity index (χ0) is 11.7. The van der Waals surface area contributed by atoms with Crippen molar-refractivity contribution in [1.29, 1.82) is 0 Å². The van der Waals surface area contributed by atoms with E-state index in [1.54, 1.807) is 6.92 Å². The van der Waals surface area contributed by atoms with Crippen LogP contribution in [0.25, 0.3) is 0 Å². The van der Waals surface area contributed by atoms with Crippen LogP contribution in [0, 0.1) is 23.7 Å². The molecule has 0 fully saturated rings. The minimum atomic E-state index is -3.12. The summed E-state index contributed by atoms with van der Waals surface area (Å²) in [4.78, 5) is 0. The molecule has 0 amide bonds. The first-order valence-corrected chi connectivity index (χ1v) is 6.93. The van der Waals surface area contributed by atoms with Crippen LogP contribution in [0.1, 0.15) is 26.7 Å². The molecule has 0 bridgehead atoms. The first-order chi connectivity index (χ1) is 6.98. The Morgan fingerprint density at radius 1 is 1.20 bits per heavy atom. The summed E-state index contributed by atoms with van der Waals surface area (Å²) >= 11 is 5.71. The largest absolute Gasteiger partial charge is 0.227 e. The lowest BCUT2D eigenvalue weighted by Gasteiger charge is -1.95. The average molecular weight is 247 g/mol. The van der Waals surface area contributed by atoms with E-state index in [4.69, 9.17) is 11.6 Å². The lowest BCUT2D eigenvalue weighted by molar-refractivity contribution is 0.603. The molecule has 0 radical (unpaired) electrons. The van der Waals surface area contributed by atoms with Gasteiger partial charge in [-0.3, -0.25) is 0 Å². The van der Waals surface area contributed by atoms with Crippen molar-refractivity contribution in [3.8, 4) is 23.7 Å². The first kappa shape index (κ1) is 14.4. The fourth-order valence-electron chi connectivity index (χ4n) is 0.754. The number of hydrogen-bond donors (Lipinski definition) is 0. The molecule has 0 aliphatic carbocycles. The second-order valence-corrected chi connectivity index (χ2v) is 5.94. The lowest BCUT2D eigenvalue weighted by atomic mass is 10.2. The van der Waals surface area contributed by atoms with E-state index >= 15 is 0 Å². The van der Waals surface area contributed by atoms with Gasteiger partial charge < -0.3 is 0 Å². The maximum atomic E-state index is 11.3. The maximum absolute atomic E-state index is 11.3. The molecule has 0 rings (SSSR count). The summed E-state index contributed by atoms with van der Waals surface area (Å²) in [7, 11) is -3.12. The van der Waals surface area contributed by atoms with Gasteiger partial charge in [-0.1, -0.05) is 11.8 Å². The number of alkyl halides is 1. The highest BCUT2D eigenvalue weighted by molar-refractivity contribution is 7.91. The van der Waals surface area contributed by atoms with Gasteiger partial charge in [-0.2, -0.15) is 0 Å². The monoisotopic (exact) mass is 246 g/mol. The maximum Gasteiger partial charge on any atom is 0.172 e. The Morgan fingerprint density at radius 3 is 2.33 bits per heavy atom. The topological polar surface area (TPSA) is 34.1 Å². The molecule has 0 aliphatic heterocycles. The third-order valence-corrected chi connectivity index (χ3v) is 2.94. The summed E-state index contributed by atoms with van der Waals surface area (Å²) in [5.41, 5.74) is 0. The molecule has 0 aromatic heterocycles. The van der Waals surface area contributed by atoms with E-state index in [9.17, 15) is 8.42 Å². The molecule has 0 saturated carbocycles. The summed E-state index contributed by atoms with van der Waals surface area (Å²) in [6.45, 7) is 3.50. The molecule has 0 heterocycles. The zero-order valence-electron chi connectivity index (χ0n) is 9.01. The molecule has 15 heavy (non-hydrogen) atoms. The zero-order valence-corrected chi connectivity index (χ0v) is 10.6. The van der Waals surface area contributed by atoms with Crippen LogP contribution in [-0.2, 0) is 9.84 Å². The van der Waals surface area contributed by atoms with Crippen molar-refractivity contribution in [2.75, 3.05) is 11.5 Å². The Morgan fingerprint density at radius 2 is 1.80 bits per heavy atom. The molecule has 1 unspecified atom stereocenters. The fraction of sp³-hybridized carbons (Fsp3) is 0.636. The van der Waals surface area contributed by atoms with Crippen LogP contribution >= 0.6 is 11.6 Å². The summed E-state index contributed by atoms with van der Waals surface area (Å²) in [6.07, 6.45) is 1.42. The van der Waals surface area contributed by atoms with E-state index in [0.29, 0.717) is 6.42 Å². The molecule has 0 aromatic rings. The summed E-state index contributed by atoms with van der Waals surface area (Å²) < 4.78 is 22.5. The van der Waals surface area contributed by atoms with E-state index in [1.165, 1.54) is 0 Å². The lowest BCUT2D eigenvalue weighted by Crippen LogP contribution is -2.07. The Hall–Kier alpha value is -0.640. The Bertz CT molecular complexity index is 388. The van der Waals surface area contributed by atoms with E-state index in [1.807, 2.05) is 6.92 Å². The molecular weight excluding hydrogens is 232 g/mol. The normalized spacial score (nSPS) is 11.9. The van der Waals surface area contributed by atoms with E-state index in [-0.39, 0.29) is 16.9 Å². The molecule has 4 heteroatoms. The molecule has 1 atom stereocenters. The number of hydrogen-bond acceptors (Lipinski definition) is 2. The van der Waals surface area contributed by atoms with Crippen molar-refractivity contribution in [1.82, 2.24) is 0 Å². The molecule has 84 valence electrons. The van der Waals surface area contributed by atoms with Crippen molar-refractivity contribution >= 4 is 21.4 Å². The van der Waals surface area contributed by atoms with Crippen LogP contribution in [0.4, 0.5) is 0 Å². The number of halogens is 1. The van der Waals surface area contributed by atoms with Gasteiger partial charge in [-0.15, -0.1) is 23.4 Å². The van der Waals surface area contributed by atoms with Gasteiger partial charge in [0.05, 0.1) is 0 Å². The van der Waals surface area contributed by atoms with Gasteiger partial charge in [0, 0.05) is 11.8 Å². The van der Waals surface area contributed by atoms with Gasteiger partial charge in [0.1, 0.15) is 11.5 Å². The highest BCUT2D eigenvalue weighted by Crippen LogP contribution is 2.01. The first-order valence-electron chi connectivity index (χ1n) is 4.68. The van der Waals surface area contributed by atoms with Crippen molar-refractivity contribution in [2.24, 2.45) is 0 Å².